The minimum absolute atomic E-state index is 0.462. The van der Waals surface area contributed by atoms with Crippen molar-refractivity contribution in [3.05, 3.63) is 57.6 Å². The molecule has 0 heterocycles. The Morgan fingerprint density at radius 3 is 2.05 bits per heavy atom. The van der Waals surface area contributed by atoms with E-state index in [4.69, 9.17) is 44.3 Å². The van der Waals surface area contributed by atoms with Crippen molar-refractivity contribution in [2.45, 2.75) is 5.38 Å². The molecule has 2 aromatic carbocycles. The Balaban J connectivity index is 2.50. The molecule has 0 aliphatic rings. The van der Waals surface area contributed by atoms with Gasteiger partial charge in [0.2, 0.25) is 0 Å². The van der Waals surface area contributed by atoms with Gasteiger partial charge >= 0.3 is 0 Å². The number of alkyl halides is 1. The lowest BCUT2D eigenvalue weighted by atomic mass is 10.0. The molecule has 106 valence electrons. The predicted molar refractivity (Wildman–Crippen MR) is 83.7 cm³/mol. The summed E-state index contributed by atoms with van der Waals surface area (Å²) in [6.07, 6.45) is 0. The first-order valence-electron chi connectivity index (χ1n) is 5.88. The number of methoxy groups -OCH3 is 2. The molecule has 5 heteroatoms. The van der Waals surface area contributed by atoms with E-state index in [9.17, 15) is 0 Å². The topological polar surface area (TPSA) is 18.5 Å². The molecule has 0 saturated carbocycles. The molecule has 0 bridgehead atoms. The zero-order chi connectivity index (χ0) is 14.7. The van der Waals surface area contributed by atoms with Crippen LogP contribution in [-0.4, -0.2) is 14.2 Å². The highest BCUT2D eigenvalue weighted by molar-refractivity contribution is 6.35. The van der Waals surface area contributed by atoms with Crippen LogP contribution in [0.4, 0.5) is 0 Å². The maximum absolute atomic E-state index is 6.50. The van der Waals surface area contributed by atoms with E-state index in [0.717, 1.165) is 11.1 Å². The third kappa shape index (κ3) is 2.98. The average Bonchev–Trinajstić information content (AvgIpc) is 2.46. The van der Waals surface area contributed by atoms with Crippen molar-refractivity contribution in [3.8, 4) is 11.5 Å². The molecule has 0 N–H and O–H groups in total. The van der Waals surface area contributed by atoms with Gasteiger partial charge in [0.15, 0.2) is 11.5 Å². The SMILES string of the molecule is COc1cc(Cl)c(C(Cl)c2ccccc2Cl)cc1OC. The van der Waals surface area contributed by atoms with Crippen LogP contribution in [0.25, 0.3) is 0 Å². The maximum atomic E-state index is 6.50. The molecule has 2 aromatic rings. The van der Waals surface area contributed by atoms with E-state index in [2.05, 4.69) is 0 Å². The first-order valence-corrected chi connectivity index (χ1v) is 7.07. The Morgan fingerprint density at radius 2 is 1.45 bits per heavy atom. The summed E-state index contributed by atoms with van der Waals surface area (Å²) in [5.41, 5.74) is 1.52. The first-order chi connectivity index (χ1) is 9.58. The van der Waals surface area contributed by atoms with Gasteiger partial charge in [-0.2, -0.15) is 0 Å². The Kier molecular flexibility index (Phi) is 5.03. The summed E-state index contributed by atoms with van der Waals surface area (Å²) in [4.78, 5) is 0. The van der Waals surface area contributed by atoms with Crippen LogP contribution in [-0.2, 0) is 0 Å². The largest absolute Gasteiger partial charge is 0.493 e. The fourth-order valence-corrected chi connectivity index (χ4v) is 2.90. The smallest absolute Gasteiger partial charge is 0.162 e. The summed E-state index contributed by atoms with van der Waals surface area (Å²) in [7, 11) is 3.12. The number of ether oxygens (including phenoxy) is 2. The summed E-state index contributed by atoms with van der Waals surface area (Å²) >= 11 is 18.9. The molecule has 0 aliphatic carbocycles. The highest BCUT2D eigenvalue weighted by atomic mass is 35.5. The minimum Gasteiger partial charge on any atom is -0.493 e. The molecule has 20 heavy (non-hydrogen) atoms. The summed E-state index contributed by atoms with van der Waals surface area (Å²) in [5.74, 6) is 1.13. The number of rotatable bonds is 4. The maximum Gasteiger partial charge on any atom is 0.162 e. The second-order valence-electron chi connectivity index (χ2n) is 4.11. The van der Waals surface area contributed by atoms with Crippen molar-refractivity contribution in [1.82, 2.24) is 0 Å². The molecule has 0 amide bonds. The van der Waals surface area contributed by atoms with E-state index >= 15 is 0 Å². The van der Waals surface area contributed by atoms with Crippen LogP contribution in [0.3, 0.4) is 0 Å². The second kappa shape index (κ2) is 6.57. The lowest BCUT2D eigenvalue weighted by Gasteiger charge is -2.16. The van der Waals surface area contributed by atoms with E-state index in [1.807, 2.05) is 18.2 Å². The van der Waals surface area contributed by atoms with Crippen molar-refractivity contribution in [2.75, 3.05) is 14.2 Å². The molecule has 0 fully saturated rings. The Morgan fingerprint density at radius 1 is 0.850 bits per heavy atom. The van der Waals surface area contributed by atoms with Crippen molar-refractivity contribution in [1.29, 1.82) is 0 Å². The monoisotopic (exact) mass is 330 g/mol. The summed E-state index contributed by atoms with van der Waals surface area (Å²) in [6, 6.07) is 10.8. The molecule has 0 aliphatic heterocycles. The van der Waals surface area contributed by atoms with Crippen LogP contribution >= 0.6 is 34.8 Å². The summed E-state index contributed by atoms with van der Waals surface area (Å²) in [5, 5.41) is 0.636. The van der Waals surface area contributed by atoms with Gasteiger partial charge in [-0.25, -0.2) is 0 Å². The zero-order valence-corrected chi connectivity index (χ0v) is 13.3. The first kappa shape index (κ1) is 15.3. The van der Waals surface area contributed by atoms with Gasteiger partial charge in [0, 0.05) is 16.1 Å². The standard InChI is InChI=1S/C15H13Cl3O2/c1-19-13-7-10(12(17)8-14(13)20-2)15(18)9-5-3-4-6-11(9)16/h3-8,15H,1-2H3. The number of hydrogen-bond donors (Lipinski definition) is 0. The fourth-order valence-electron chi connectivity index (χ4n) is 1.91. The van der Waals surface area contributed by atoms with E-state index in [1.54, 1.807) is 32.4 Å². The molecule has 2 nitrogen and oxygen atoms in total. The normalized spacial score (nSPS) is 12.1. The molecule has 0 spiro atoms. The van der Waals surface area contributed by atoms with Gasteiger partial charge in [0.05, 0.1) is 19.6 Å². The molecule has 1 atom stereocenters. The van der Waals surface area contributed by atoms with Crippen molar-refractivity contribution in [2.24, 2.45) is 0 Å². The summed E-state index contributed by atoms with van der Waals surface area (Å²) in [6.45, 7) is 0. The van der Waals surface area contributed by atoms with Gasteiger partial charge in [-0.1, -0.05) is 41.4 Å². The van der Waals surface area contributed by atoms with Crippen molar-refractivity contribution in [3.63, 3.8) is 0 Å². The van der Waals surface area contributed by atoms with Gasteiger partial charge in [0.25, 0.3) is 0 Å². The van der Waals surface area contributed by atoms with E-state index in [-0.39, 0.29) is 0 Å². The number of hydrogen-bond acceptors (Lipinski definition) is 2. The molecule has 0 saturated heterocycles. The van der Waals surface area contributed by atoms with Crippen LogP contribution in [0.5, 0.6) is 11.5 Å². The number of benzene rings is 2. The highest BCUT2D eigenvalue weighted by Gasteiger charge is 2.19. The van der Waals surface area contributed by atoms with Crippen LogP contribution in [0.1, 0.15) is 16.5 Å². The Hall–Kier alpha value is -1.09. The third-order valence-corrected chi connectivity index (χ3v) is 4.10. The van der Waals surface area contributed by atoms with Gasteiger partial charge in [-0.15, -0.1) is 11.6 Å². The Labute approximate surface area is 133 Å². The number of halogens is 3. The molecular weight excluding hydrogens is 319 g/mol. The van der Waals surface area contributed by atoms with Crippen LogP contribution in [0.2, 0.25) is 10.0 Å². The molecule has 0 radical (unpaired) electrons. The van der Waals surface area contributed by atoms with Crippen molar-refractivity contribution < 1.29 is 9.47 Å². The lowest BCUT2D eigenvalue weighted by molar-refractivity contribution is 0.354. The van der Waals surface area contributed by atoms with Gasteiger partial charge in [-0.05, 0) is 23.3 Å². The third-order valence-electron chi connectivity index (χ3n) is 2.95. The van der Waals surface area contributed by atoms with Gasteiger partial charge in [0.1, 0.15) is 0 Å². The fraction of sp³-hybridized carbons (Fsp3) is 0.200. The summed E-state index contributed by atoms with van der Waals surface area (Å²) < 4.78 is 10.5. The van der Waals surface area contributed by atoms with Gasteiger partial charge < -0.3 is 9.47 Å². The van der Waals surface area contributed by atoms with E-state index in [1.165, 1.54) is 0 Å². The Bertz CT molecular complexity index is 614. The average molecular weight is 332 g/mol. The molecule has 1 unspecified atom stereocenters. The van der Waals surface area contributed by atoms with E-state index in [0.29, 0.717) is 21.5 Å². The molecular formula is C15H13Cl3O2. The van der Waals surface area contributed by atoms with Gasteiger partial charge in [-0.3, -0.25) is 0 Å². The zero-order valence-electron chi connectivity index (χ0n) is 11.0. The highest BCUT2D eigenvalue weighted by Crippen LogP contribution is 2.41. The molecule has 0 aromatic heterocycles. The van der Waals surface area contributed by atoms with Crippen LogP contribution < -0.4 is 9.47 Å². The minimum atomic E-state index is -0.462. The van der Waals surface area contributed by atoms with Crippen molar-refractivity contribution >= 4 is 34.8 Å². The second-order valence-corrected chi connectivity index (χ2v) is 5.36. The quantitative estimate of drug-likeness (QED) is 0.704. The van der Waals surface area contributed by atoms with E-state index < -0.39 is 5.38 Å². The predicted octanol–water partition coefficient (Wildman–Crippen LogP) is 5.34. The molecule has 2 rings (SSSR count). The lowest BCUT2D eigenvalue weighted by Crippen LogP contribution is -1.98. The van der Waals surface area contributed by atoms with Crippen LogP contribution in [0, 0.1) is 0 Å². The van der Waals surface area contributed by atoms with Crippen LogP contribution in [0.15, 0.2) is 36.4 Å².